The van der Waals surface area contributed by atoms with Crippen molar-refractivity contribution in [1.29, 1.82) is 0 Å². The van der Waals surface area contributed by atoms with Crippen molar-refractivity contribution in [2.75, 3.05) is 19.1 Å². The van der Waals surface area contributed by atoms with Crippen LogP contribution in [0, 0.1) is 0 Å². The molecule has 20 heavy (non-hydrogen) atoms. The average molecular weight is 297 g/mol. The van der Waals surface area contributed by atoms with Crippen LogP contribution in [0.4, 0.5) is 0 Å². The molecule has 0 aromatic heterocycles. The van der Waals surface area contributed by atoms with E-state index in [0.29, 0.717) is 12.5 Å². The third-order valence-electron chi connectivity index (χ3n) is 2.69. The molecule has 0 aliphatic rings. The molecular weight excluding hydrogens is 268 g/mol. The summed E-state index contributed by atoms with van der Waals surface area (Å²) >= 11 is 5.54. The molecule has 0 saturated carbocycles. The lowest BCUT2D eigenvalue weighted by molar-refractivity contribution is 0.167. The van der Waals surface area contributed by atoms with E-state index in [2.05, 4.69) is 37.0 Å². The van der Waals surface area contributed by atoms with Gasteiger partial charge in [0, 0.05) is 5.88 Å². The van der Waals surface area contributed by atoms with Crippen molar-refractivity contribution in [3.63, 3.8) is 0 Å². The number of hydrogen-bond acceptors (Lipinski definition) is 1. The number of rotatable bonds is 13. The van der Waals surface area contributed by atoms with Crippen LogP contribution in [-0.4, -0.2) is 19.1 Å². The standard InChI is InChI=1S/C18H29ClO/c1-2-3-4-5-6-7-8-11-14-17-20-18-15-12-9-10-13-16-19/h6-7,10-12,14H,2-5,8,13,15-18H2,1H3/b7-6?,14-11-. The van der Waals surface area contributed by atoms with Gasteiger partial charge in [-0.15, -0.1) is 17.3 Å². The van der Waals surface area contributed by atoms with Gasteiger partial charge in [0.25, 0.3) is 0 Å². The van der Waals surface area contributed by atoms with E-state index in [0.717, 1.165) is 25.9 Å². The van der Waals surface area contributed by atoms with Gasteiger partial charge in [-0.3, -0.25) is 0 Å². The third-order valence-corrected chi connectivity index (χ3v) is 2.91. The highest BCUT2D eigenvalue weighted by Crippen LogP contribution is 2.00. The minimum Gasteiger partial charge on any atom is -0.377 e. The summed E-state index contributed by atoms with van der Waals surface area (Å²) in [5.41, 5.74) is 3.08. The van der Waals surface area contributed by atoms with Gasteiger partial charge in [0.15, 0.2) is 0 Å². The van der Waals surface area contributed by atoms with Crippen molar-refractivity contribution in [3.8, 4) is 0 Å². The van der Waals surface area contributed by atoms with E-state index in [1.165, 1.54) is 25.7 Å². The van der Waals surface area contributed by atoms with Gasteiger partial charge in [-0.1, -0.05) is 44.1 Å². The Morgan fingerprint density at radius 1 is 0.950 bits per heavy atom. The first kappa shape index (κ1) is 19.2. The largest absolute Gasteiger partial charge is 0.377 e. The first-order valence-electron chi connectivity index (χ1n) is 7.75. The smallest absolute Gasteiger partial charge is 0.0647 e. The van der Waals surface area contributed by atoms with E-state index in [1.54, 1.807) is 0 Å². The van der Waals surface area contributed by atoms with Crippen LogP contribution in [0.3, 0.4) is 0 Å². The minimum absolute atomic E-state index is 0.662. The Kier molecular flexibility index (Phi) is 17.6. The fourth-order valence-corrected chi connectivity index (χ4v) is 1.68. The van der Waals surface area contributed by atoms with Gasteiger partial charge in [-0.05, 0) is 44.3 Å². The summed E-state index contributed by atoms with van der Waals surface area (Å²) < 4.78 is 5.48. The van der Waals surface area contributed by atoms with E-state index >= 15 is 0 Å². The van der Waals surface area contributed by atoms with Gasteiger partial charge in [0.2, 0.25) is 0 Å². The summed E-state index contributed by atoms with van der Waals surface area (Å²) in [5.74, 6) is 0.662. The molecule has 0 radical (unpaired) electrons. The van der Waals surface area contributed by atoms with Gasteiger partial charge >= 0.3 is 0 Å². The van der Waals surface area contributed by atoms with Gasteiger partial charge in [-0.25, -0.2) is 0 Å². The molecule has 114 valence electrons. The molecule has 0 fully saturated rings. The zero-order valence-electron chi connectivity index (χ0n) is 12.8. The fraction of sp³-hybridized carbons (Fsp3) is 0.611. The maximum atomic E-state index is 5.54. The third kappa shape index (κ3) is 17.2. The maximum absolute atomic E-state index is 5.54. The van der Waals surface area contributed by atoms with Crippen molar-refractivity contribution in [3.05, 3.63) is 42.2 Å². The van der Waals surface area contributed by atoms with E-state index in [-0.39, 0.29) is 0 Å². The van der Waals surface area contributed by atoms with E-state index < -0.39 is 0 Å². The normalized spacial score (nSPS) is 11.1. The number of allylic oxidation sites excluding steroid dienone is 3. The molecule has 0 spiro atoms. The first-order valence-corrected chi connectivity index (χ1v) is 8.28. The van der Waals surface area contributed by atoms with Gasteiger partial charge in [-0.2, -0.15) is 0 Å². The van der Waals surface area contributed by atoms with Crippen LogP contribution in [0.15, 0.2) is 42.2 Å². The molecule has 0 rings (SSSR count). The van der Waals surface area contributed by atoms with Gasteiger partial charge in [0.1, 0.15) is 0 Å². The highest BCUT2D eigenvalue weighted by molar-refractivity contribution is 6.17. The van der Waals surface area contributed by atoms with Crippen LogP contribution in [-0.2, 0) is 4.74 Å². The molecule has 2 heteroatoms. The average Bonchev–Trinajstić information content (AvgIpc) is 2.47. The zero-order chi connectivity index (χ0) is 14.7. The summed E-state index contributed by atoms with van der Waals surface area (Å²) in [7, 11) is 0. The topological polar surface area (TPSA) is 9.23 Å². The number of hydrogen-bond donors (Lipinski definition) is 0. The molecule has 0 saturated heterocycles. The molecule has 0 bridgehead atoms. The quantitative estimate of drug-likeness (QED) is 0.180. The predicted molar refractivity (Wildman–Crippen MR) is 90.5 cm³/mol. The Balaban J connectivity index is 3.29. The molecule has 1 nitrogen and oxygen atoms in total. The lowest BCUT2D eigenvalue weighted by Crippen LogP contribution is -1.91. The summed E-state index contributed by atoms with van der Waals surface area (Å²) in [4.78, 5) is 0. The van der Waals surface area contributed by atoms with Gasteiger partial charge in [0.05, 0.1) is 13.2 Å². The number of ether oxygens (including phenoxy) is 1. The number of unbranched alkanes of at least 4 members (excludes halogenated alkanes) is 3. The van der Waals surface area contributed by atoms with Crippen LogP contribution in [0.1, 0.15) is 51.9 Å². The first-order chi connectivity index (χ1) is 9.91. The summed E-state index contributed by atoms with van der Waals surface area (Å²) in [6.45, 7) is 3.68. The fourth-order valence-electron chi connectivity index (χ4n) is 1.57. The van der Waals surface area contributed by atoms with Crippen LogP contribution in [0.2, 0.25) is 0 Å². The molecule has 0 aromatic rings. The Labute approximate surface area is 130 Å². The number of halogens is 1. The van der Waals surface area contributed by atoms with Crippen molar-refractivity contribution >= 4 is 11.6 Å². The molecule has 0 N–H and O–H groups in total. The lowest BCUT2D eigenvalue weighted by atomic mass is 10.2. The van der Waals surface area contributed by atoms with Crippen molar-refractivity contribution in [1.82, 2.24) is 0 Å². The lowest BCUT2D eigenvalue weighted by Gasteiger charge is -1.95. The molecule has 0 amide bonds. The second-order valence-electron chi connectivity index (χ2n) is 4.59. The Morgan fingerprint density at radius 2 is 1.75 bits per heavy atom. The molecular formula is C18H29ClO. The predicted octanol–water partition coefficient (Wildman–Crippen LogP) is 5.82. The second-order valence-corrected chi connectivity index (χ2v) is 4.97. The Morgan fingerprint density at radius 3 is 2.55 bits per heavy atom. The maximum Gasteiger partial charge on any atom is 0.0647 e. The molecule has 0 unspecified atom stereocenters. The van der Waals surface area contributed by atoms with Crippen LogP contribution in [0.5, 0.6) is 0 Å². The molecule has 0 heterocycles. The molecule has 0 aromatic carbocycles. The van der Waals surface area contributed by atoms with E-state index in [9.17, 15) is 0 Å². The number of alkyl halides is 1. The highest BCUT2D eigenvalue weighted by Gasteiger charge is 1.82. The van der Waals surface area contributed by atoms with Crippen molar-refractivity contribution in [2.45, 2.75) is 51.9 Å². The SMILES string of the molecule is CCCCCC=CC/C=C\COCCC=C=CCCCl. The Hall–Kier alpha value is -0.750. The van der Waals surface area contributed by atoms with Crippen LogP contribution >= 0.6 is 11.6 Å². The van der Waals surface area contributed by atoms with Crippen LogP contribution in [0.25, 0.3) is 0 Å². The van der Waals surface area contributed by atoms with Crippen molar-refractivity contribution < 1.29 is 4.74 Å². The van der Waals surface area contributed by atoms with Gasteiger partial charge < -0.3 is 4.74 Å². The van der Waals surface area contributed by atoms with E-state index in [4.69, 9.17) is 16.3 Å². The molecule has 0 aliphatic carbocycles. The summed E-state index contributed by atoms with van der Waals surface area (Å²) in [6, 6.07) is 0. The van der Waals surface area contributed by atoms with Crippen molar-refractivity contribution in [2.24, 2.45) is 0 Å². The molecule has 0 aliphatic heterocycles. The van der Waals surface area contributed by atoms with E-state index in [1.807, 2.05) is 12.2 Å². The van der Waals surface area contributed by atoms with Crippen LogP contribution < -0.4 is 0 Å². The zero-order valence-corrected chi connectivity index (χ0v) is 13.6. The minimum atomic E-state index is 0.662. The molecule has 0 atom stereocenters. The summed E-state index contributed by atoms with van der Waals surface area (Å²) in [5, 5.41) is 0. The highest BCUT2D eigenvalue weighted by atomic mass is 35.5. The summed E-state index contributed by atoms with van der Waals surface area (Å²) in [6.07, 6.45) is 20.7. The monoisotopic (exact) mass is 296 g/mol. The second kappa shape index (κ2) is 18.2. The Bertz CT molecular complexity index is 299.